The highest BCUT2D eigenvalue weighted by molar-refractivity contribution is 5.94. The third-order valence-corrected chi connectivity index (χ3v) is 12.1. The maximum Gasteiger partial charge on any atom is 0.410 e. The zero-order valence-electron chi connectivity index (χ0n) is 34.6. The van der Waals surface area contributed by atoms with E-state index in [1.807, 2.05) is 45.0 Å². The van der Waals surface area contributed by atoms with Gasteiger partial charge in [-0.3, -0.25) is 20.2 Å². The third-order valence-electron chi connectivity index (χ3n) is 12.1. The number of carbonyl (C=O) groups is 4. The number of rotatable bonds is 2. The smallest absolute Gasteiger partial charge is 0.410 e. The molecular weight excluding hydrogens is 791 g/mol. The molecule has 6 aliphatic rings. The summed E-state index contributed by atoms with van der Waals surface area (Å²) < 4.78 is 22.3. The number of nitrogens with one attached hydrogen (secondary N) is 2. The van der Waals surface area contributed by atoms with Crippen molar-refractivity contribution in [3.63, 3.8) is 0 Å². The predicted molar refractivity (Wildman–Crippen MR) is 219 cm³/mol. The molecule has 6 heterocycles. The summed E-state index contributed by atoms with van der Waals surface area (Å²) in [5, 5.41) is 28.2. The molecule has 61 heavy (non-hydrogen) atoms. The topological polar surface area (TPSA) is 219 Å². The molecule has 3 spiro atoms. The number of carbonyl (C=O) groups excluding carboxylic acids is 4. The van der Waals surface area contributed by atoms with Crippen LogP contribution >= 0.6 is 0 Å². The van der Waals surface area contributed by atoms with Gasteiger partial charge >= 0.3 is 24.0 Å². The second-order valence-corrected chi connectivity index (χ2v) is 17.6. The Hall–Kier alpha value is -5.94. The lowest BCUT2D eigenvalue weighted by molar-refractivity contribution is -0.385. The van der Waals surface area contributed by atoms with Gasteiger partial charge in [0.05, 0.1) is 26.5 Å². The lowest BCUT2D eigenvalue weighted by Gasteiger charge is -2.43. The maximum absolute atomic E-state index is 12.4. The van der Waals surface area contributed by atoms with Crippen LogP contribution in [0.2, 0.25) is 0 Å². The molecule has 9 rings (SSSR count). The van der Waals surface area contributed by atoms with Crippen LogP contribution in [0.5, 0.6) is 0 Å². The Morgan fingerprint density at radius 2 is 1.02 bits per heavy atom. The first-order valence-electron chi connectivity index (χ1n) is 20.7. The van der Waals surface area contributed by atoms with E-state index in [2.05, 4.69) is 10.6 Å². The van der Waals surface area contributed by atoms with E-state index in [0.717, 1.165) is 80.5 Å². The number of hydrogen-bond acceptors (Lipinski definition) is 14. The van der Waals surface area contributed by atoms with Gasteiger partial charge in [0, 0.05) is 95.1 Å². The summed E-state index contributed by atoms with van der Waals surface area (Å²) in [5.74, 6) is -1.13. The Bertz CT molecular complexity index is 2220. The Labute approximate surface area is 352 Å². The Morgan fingerprint density at radius 3 is 1.44 bits per heavy atom. The molecule has 2 N–H and O–H groups in total. The average Bonchev–Trinajstić information content (AvgIpc) is 3.21. The molecule has 17 nitrogen and oxygen atoms in total. The van der Waals surface area contributed by atoms with E-state index in [0.29, 0.717) is 44.3 Å². The van der Waals surface area contributed by atoms with Crippen LogP contribution in [0.1, 0.15) is 107 Å². The average molecular weight is 842 g/mol. The fourth-order valence-electron chi connectivity index (χ4n) is 8.85. The Kier molecular flexibility index (Phi) is 12.2. The molecule has 17 heteroatoms. The highest BCUT2D eigenvalue weighted by Crippen LogP contribution is 2.39. The minimum Gasteiger partial charge on any atom is -0.455 e. The van der Waals surface area contributed by atoms with Gasteiger partial charge in [-0.05, 0) is 69.7 Å². The number of nitro groups is 2. The van der Waals surface area contributed by atoms with Gasteiger partial charge < -0.3 is 34.5 Å². The molecule has 0 unspecified atom stereocenters. The van der Waals surface area contributed by atoms with Crippen LogP contribution in [0.25, 0.3) is 0 Å². The molecule has 0 saturated carbocycles. The molecule has 0 atom stereocenters. The normalized spacial score (nSPS) is 20.4. The first-order chi connectivity index (χ1) is 29.0. The summed E-state index contributed by atoms with van der Waals surface area (Å²) in [5.41, 5.74) is 1.97. The first-order valence-corrected chi connectivity index (χ1v) is 20.7. The molecule has 0 aromatic heterocycles. The summed E-state index contributed by atoms with van der Waals surface area (Å²) >= 11 is 0. The van der Waals surface area contributed by atoms with Gasteiger partial charge in [0.2, 0.25) is 0 Å². The summed E-state index contributed by atoms with van der Waals surface area (Å²) in [6.07, 6.45) is 6.08. The van der Waals surface area contributed by atoms with E-state index in [4.69, 9.17) is 18.9 Å². The van der Waals surface area contributed by atoms with Crippen LogP contribution in [0.4, 0.5) is 16.2 Å². The second-order valence-electron chi connectivity index (χ2n) is 17.6. The fourth-order valence-corrected chi connectivity index (χ4v) is 8.85. The van der Waals surface area contributed by atoms with Crippen molar-refractivity contribution >= 4 is 35.4 Å². The van der Waals surface area contributed by atoms with Crippen LogP contribution in [0, 0.1) is 20.2 Å². The predicted octanol–water partition coefficient (Wildman–Crippen LogP) is 6.03. The number of amides is 1. The molecule has 6 aliphatic heterocycles. The van der Waals surface area contributed by atoms with Crippen molar-refractivity contribution in [3.05, 3.63) is 114 Å². The van der Waals surface area contributed by atoms with Crippen molar-refractivity contribution in [2.24, 2.45) is 0 Å². The molecule has 1 amide bonds. The Morgan fingerprint density at radius 1 is 0.623 bits per heavy atom. The van der Waals surface area contributed by atoms with Crippen molar-refractivity contribution in [3.8, 4) is 0 Å². The second kappa shape index (κ2) is 17.2. The molecule has 0 bridgehead atoms. The number of esters is 3. The lowest BCUT2D eigenvalue weighted by atomic mass is 9.81. The number of nitrogens with zero attached hydrogens (tertiary/aromatic N) is 3. The highest BCUT2D eigenvalue weighted by atomic mass is 16.6. The monoisotopic (exact) mass is 841 g/mol. The number of piperidine rings is 3. The lowest BCUT2D eigenvalue weighted by Crippen LogP contribution is -2.52. The first kappa shape index (κ1) is 43.2. The molecule has 3 saturated heterocycles. The number of fused-ring (bicyclic) bond motifs is 3. The summed E-state index contributed by atoms with van der Waals surface area (Å²) in [7, 11) is 0. The van der Waals surface area contributed by atoms with Crippen LogP contribution in [-0.2, 0) is 38.2 Å². The largest absolute Gasteiger partial charge is 0.455 e. The maximum atomic E-state index is 12.4. The zero-order chi connectivity index (χ0) is 43.6. The number of non-ortho nitro benzene ring substituents is 2. The van der Waals surface area contributed by atoms with Gasteiger partial charge in [0.1, 0.15) is 22.4 Å². The van der Waals surface area contributed by atoms with E-state index in [-0.39, 0.29) is 34.6 Å². The number of likely N-dealkylation sites (tertiary alicyclic amines) is 1. The summed E-state index contributed by atoms with van der Waals surface area (Å²) in [4.78, 5) is 70.8. The van der Waals surface area contributed by atoms with Crippen molar-refractivity contribution < 1.29 is 48.0 Å². The van der Waals surface area contributed by atoms with Gasteiger partial charge in [-0.15, -0.1) is 0 Å². The Balaban J connectivity index is 0.000000142. The van der Waals surface area contributed by atoms with Crippen LogP contribution < -0.4 is 10.6 Å². The SMILES string of the molecule is CC(C)(C)OC(=O)N1CCC2(CC1)Cc1ccc([N+](=O)[O-])cc1C(=O)O2.O=C1OC2(CCNCC2)Cc2ccc([N+](=O)[O-])cc21.O=C1OC2(CCNCC2)Cc2ccccc21. The van der Waals surface area contributed by atoms with Crippen molar-refractivity contribution in [2.75, 3.05) is 39.3 Å². The van der Waals surface area contributed by atoms with Crippen molar-refractivity contribution in [1.29, 1.82) is 0 Å². The molecule has 324 valence electrons. The van der Waals surface area contributed by atoms with E-state index in [9.17, 15) is 39.4 Å². The van der Waals surface area contributed by atoms with Crippen LogP contribution in [0.15, 0.2) is 60.7 Å². The van der Waals surface area contributed by atoms with Crippen molar-refractivity contribution in [1.82, 2.24) is 15.5 Å². The van der Waals surface area contributed by atoms with Gasteiger partial charge in [-0.1, -0.05) is 30.3 Å². The van der Waals surface area contributed by atoms with Gasteiger partial charge in [-0.25, -0.2) is 19.2 Å². The van der Waals surface area contributed by atoms with E-state index >= 15 is 0 Å². The molecule has 3 aromatic carbocycles. The number of hydrogen-bond donors (Lipinski definition) is 2. The number of benzene rings is 3. The van der Waals surface area contributed by atoms with Crippen molar-refractivity contribution in [2.45, 2.75) is 101 Å². The van der Waals surface area contributed by atoms with Gasteiger partial charge in [-0.2, -0.15) is 0 Å². The van der Waals surface area contributed by atoms with Gasteiger partial charge in [0.15, 0.2) is 0 Å². The zero-order valence-corrected chi connectivity index (χ0v) is 34.6. The minimum absolute atomic E-state index is 0.0723. The van der Waals surface area contributed by atoms with Gasteiger partial charge in [0.25, 0.3) is 11.4 Å². The fraction of sp³-hybridized carbons (Fsp3) is 0.500. The summed E-state index contributed by atoms with van der Waals surface area (Å²) in [6.45, 7) is 9.85. The standard InChI is InChI=1S/C18H22N2O6.C13H14N2O4.C13H15NO2/c1-17(2,3)26-16(22)19-8-6-18(7-9-19)11-12-4-5-13(20(23)24)10-14(12)15(21)25-18;16-12-11-7-10(15(17)18)2-1-9(11)8-13(19-12)3-5-14-6-4-13;15-12-11-4-2-1-3-10(11)9-13(16-12)5-7-14-8-6-13/h4-5,10H,6-9,11H2,1-3H3;1-2,7,14H,3-6,8H2;1-4,14H,5-9H2. The highest BCUT2D eigenvalue weighted by Gasteiger charge is 2.45. The van der Waals surface area contributed by atoms with Crippen LogP contribution in [0.3, 0.4) is 0 Å². The third kappa shape index (κ3) is 9.83. The van der Waals surface area contributed by atoms with Crippen LogP contribution in [-0.4, -0.2) is 100 Å². The molecular formula is C44H51N5O12. The quantitative estimate of drug-likeness (QED) is 0.130. The molecule has 0 radical (unpaired) electrons. The number of ether oxygens (including phenoxy) is 4. The molecule has 3 aromatic rings. The minimum atomic E-state index is -0.668. The van der Waals surface area contributed by atoms with E-state index in [1.165, 1.54) is 24.3 Å². The number of nitro benzene ring substituents is 2. The molecule has 3 fully saturated rings. The molecule has 0 aliphatic carbocycles. The summed E-state index contributed by atoms with van der Waals surface area (Å²) in [6, 6.07) is 16.5. The van der Waals surface area contributed by atoms with E-state index < -0.39 is 38.6 Å². The van der Waals surface area contributed by atoms with E-state index in [1.54, 1.807) is 17.0 Å².